The summed E-state index contributed by atoms with van der Waals surface area (Å²) in [5.74, 6) is 1.89. The van der Waals surface area contributed by atoms with Crippen molar-refractivity contribution in [1.82, 2.24) is 0 Å². The first-order valence-electron chi connectivity index (χ1n) is 5.56. The van der Waals surface area contributed by atoms with Crippen LogP contribution in [0, 0.1) is 6.92 Å². The van der Waals surface area contributed by atoms with Gasteiger partial charge >= 0.3 is 0 Å². The summed E-state index contributed by atoms with van der Waals surface area (Å²) in [6.07, 6.45) is 3.50. The molecule has 0 saturated heterocycles. The van der Waals surface area contributed by atoms with Crippen molar-refractivity contribution < 1.29 is 0 Å². The van der Waals surface area contributed by atoms with Crippen molar-refractivity contribution in [3.63, 3.8) is 0 Å². The Labute approximate surface area is 102 Å². The Balaban J connectivity index is 2.61. The van der Waals surface area contributed by atoms with E-state index >= 15 is 0 Å². The zero-order valence-corrected chi connectivity index (χ0v) is 11.1. The average Bonchev–Trinajstić information content (AvgIpc) is 2.23. The summed E-state index contributed by atoms with van der Waals surface area (Å²) < 4.78 is 0. The molecule has 15 heavy (non-hydrogen) atoms. The van der Waals surface area contributed by atoms with E-state index in [1.807, 2.05) is 11.8 Å². The highest BCUT2D eigenvalue weighted by Gasteiger charge is 2.00. The van der Waals surface area contributed by atoms with E-state index in [0.29, 0.717) is 0 Å². The Kier molecular flexibility index (Phi) is 6.19. The van der Waals surface area contributed by atoms with Gasteiger partial charge in [0.15, 0.2) is 0 Å². The van der Waals surface area contributed by atoms with Gasteiger partial charge in [-0.1, -0.05) is 19.4 Å². The maximum absolute atomic E-state index is 5.66. The van der Waals surface area contributed by atoms with Gasteiger partial charge in [-0.3, -0.25) is 0 Å². The van der Waals surface area contributed by atoms with Gasteiger partial charge in [-0.25, -0.2) is 0 Å². The molecule has 0 aromatic heterocycles. The molecule has 0 fully saturated rings. The minimum absolute atomic E-state index is 0.765. The predicted molar refractivity (Wildman–Crippen MR) is 71.2 cm³/mol. The first-order chi connectivity index (χ1) is 7.27. The molecule has 0 atom stereocenters. The summed E-state index contributed by atoms with van der Waals surface area (Å²) in [5.41, 5.74) is 2.91. The number of rotatable bonds is 6. The summed E-state index contributed by atoms with van der Waals surface area (Å²) in [6, 6.07) is 6.78. The van der Waals surface area contributed by atoms with Crippen LogP contribution in [0.15, 0.2) is 23.1 Å². The number of alkyl halides is 1. The van der Waals surface area contributed by atoms with Crippen molar-refractivity contribution in [2.45, 2.75) is 38.0 Å². The van der Waals surface area contributed by atoms with Crippen LogP contribution in [0.5, 0.6) is 0 Å². The molecular formula is C13H19ClS. The molecule has 0 radical (unpaired) electrons. The molecule has 0 N–H and O–H groups in total. The molecule has 84 valence electrons. The van der Waals surface area contributed by atoms with Crippen molar-refractivity contribution in [1.29, 1.82) is 0 Å². The second kappa shape index (κ2) is 7.19. The zero-order chi connectivity index (χ0) is 11.1. The van der Waals surface area contributed by atoms with Gasteiger partial charge in [-0.05, 0) is 48.8 Å². The minimum Gasteiger partial charge on any atom is -0.127 e. The molecule has 2 heteroatoms. The molecule has 0 unspecified atom stereocenters. The van der Waals surface area contributed by atoms with Crippen LogP contribution in [0.2, 0.25) is 0 Å². The Bertz CT molecular complexity index is 297. The van der Waals surface area contributed by atoms with Crippen LogP contribution < -0.4 is 0 Å². The van der Waals surface area contributed by atoms with Crippen molar-refractivity contribution in [3.8, 4) is 0 Å². The van der Waals surface area contributed by atoms with Crippen LogP contribution in [0.4, 0.5) is 0 Å². The van der Waals surface area contributed by atoms with Crippen LogP contribution in [-0.2, 0) is 6.42 Å². The lowest BCUT2D eigenvalue weighted by Crippen LogP contribution is -1.89. The summed E-state index contributed by atoms with van der Waals surface area (Å²) in [6.45, 7) is 4.42. The van der Waals surface area contributed by atoms with Gasteiger partial charge in [-0.2, -0.15) is 0 Å². The largest absolute Gasteiger partial charge is 0.127 e. The number of thioether (sulfide) groups is 1. The summed E-state index contributed by atoms with van der Waals surface area (Å²) in [7, 11) is 0. The Morgan fingerprint density at radius 3 is 2.80 bits per heavy atom. The number of halogens is 1. The quantitative estimate of drug-likeness (QED) is 0.397. The van der Waals surface area contributed by atoms with Gasteiger partial charge in [0.05, 0.1) is 0 Å². The molecule has 0 saturated carbocycles. The van der Waals surface area contributed by atoms with Gasteiger partial charge in [0.1, 0.15) is 0 Å². The summed E-state index contributed by atoms with van der Waals surface area (Å²) >= 11 is 7.57. The van der Waals surface area contributed by atoms with Gasteiger partial charge in [-0.15, -0.1) is 23.4 Å². The standard InChI is InChI=1S/C13H19ClS/c1-3-5-12-10-13(7-6-11(12)2)15-9-4-8-14/h6-7,10H,3-5,8-9H2,1-2H3. The highest BCUT2D eigenvalue weighted by Crippen LogP contribution is 2.23. The molecule has 1 rings (SSSR count). The van der Waals surface area contributed by atoms with Gasteiger partial charge < -0.3 is 0 Å². The van der Waals surface area contributed by atoms with Gasteiger partial charge in [0.25, 0.3) is 0 Å². The zero-order valence-electron chi connectivity index (χ0n) is 9.55. The fourth-order valence-corrected chi connectivity index (χ4v) is 2.73. The third-order valence-corrected chi connectivity index (χ3v) is 3.73. The topological polar surface area (TPSA) is 0 Å². The lowest BCUT2D eigenvalue weighted by atomic mass is 10.0. The smallest absolute Gasteiger partial charge is 0.0231 e. The highest BCUT2D eigenvalue weighted by atomic mass is 35.5. The van der Waals surface area contributed by atoms with Crippen molar-refractivity contribution in [3.05, 3.63) is 29.3 Å². The molecule has 1 aromatic carbocycles. The van der Waals surface area contributed by atoms with E-state index in [4.69, 9.17) is 11.6 Å². The fourth-order valence-electron chi connectivity index (χ4n) is 1.52. The van der Waals surface area contributed by atoms with E-state index in [1.165, 1.54) is 28.9 Å². The SMILES string of the molecule is CCCc1cc(SCCCCl)ccc1C. The molecule has 0 amide bonds. The van der Waals surface area contributed by atoms with E-state index in [9.17, 15) is 0 Å². The maximum Gasteiger partial charge on any atom is 0.0231 e. The molecule has 0 bridgehead atoms. The normalized spacial score (nSPS) is 10.6. The maximum atomic E-state index is 5.66. The van der Waals surface area contributed by atoms with Crippen LogP contribution >= 0.6 is 23.4 Å². The van der Waals surface area contributed by atoms with E-state index in [1.54, 1.807) is 0 Å². The Morgan fingerprint density at radius 2 is 2.13 bits per heavy atom. The molecule has 0 aliphatic heterocycles. The highest BCUT2D eigenvalue weighted by molar-refractivity contribution is 7.99. The molecule has 1 aromatic rings. The minimum atomic E-state index is 0.765. The molecule has 0 aliphatic rings. The fraction of sp³-hybridized carbons (Fsp3) is 0.538. The Hall–Kier alpha value is -0.140. The average molecular weight is 243 g/mol. The summed E-state index contributed by atoms with van der Waals surface area (Å²) in [4.78, 5) is 1.38. The van der Waals surface area contributed by atoms with Crippen LogP contribution in [0.25, 0.3) is 0 Å². The molecular weight excluding hydrogens is 224 g/mol. The number of benzene rings is 1. The first kappa shape index (κ1) is 12.9. The molecule has 0 nitrogen and oxygen atoms in total. The number of hydrogen-bond acceptors (Lipinski definition) is 1. The lowest BCUT2D eigenvalue weighted by Gasteiger charge is -2.07. The number of hydrogen-bond donors (Lipinski definition) is 0. The molecule has 0 heterocycles. The van der Waals surface area contributed by atoms with Crippen LogP contribution in [0.3, 0.4) is 0 Å². The molecule has 0 spiro atoms. The second-order valence-electron chi connectivity index (χ2n) is 3.73. The third kappa shape index (κ3) is 4.48. The summed E-state index contributed by atoms with van der Waals surface area (Å²) in [5, 5.41) is 0. The van der Waals surface area contributed by atoms with E-state index in [0.717, 1.165) is 18.1 Å². The van der Waals surface area contributed by atoms with E-state index < -0.39 is 0 Å². The molecule has 0 aliphatic carbocycles. The Morgan fingerprint density at radius 1 is 1.33 bits per heavy atom. The van der Waals surface area contributed by atoms with Gasteiger partial charge in [0, 0.05) is 10.8 Å². The van der Waals surface area contributed by atoms with Crippen molar-refractivity contribution in [2.75, 3.05) is 11.6 Å². The van der Waals surface area contributed by atoms with E-state index in [2.05, 4.69) is 32.0 Å². The monoisotopic (exact) mass is 242 g/mol. The predicted octanol–water partition coefficient (Wildman–Crippen LogP) is 4.67. The number of aryl methyl sites for hydroxylation is 2. The van der Waals surface area contributed by atoms with E-state index in [-0.39, 0.29) is 0 Å². The lowest BCUT2D eigenvalue weighted by molar-refractivity contribution is 0.908. The van der Waals surface area contributed by atoms with Gasteiger partial charge in [0.2, 0.25) is 0 Å². The second-order valence-corrected chi connectivity index (χ2v) is 5.28. The first-order valence-corrected chi connectivity index (χ1v) is 7.08. The van der Waals surface area contributed by atoms with Crippen molar-refractivity contribution in [2.24, 2.45) is 0 Å². The van der Waals surface area contributed by atoms with Crippen LogP contribution in [-0.4, -0.2) is 11.6 Å². The van der Waals surface area contributed by atoms with Crippen LogP contribution in [0.1, 0.15) is 30.9 Å². The van der Waals surface area contributed by atoms with Crippen molar-refractivity contribution >= 4 is 23.4 Å². The third-order valence-electron chi connectivity index (χ3n) is 2.39.